The van der Waals surface area contributed by atoms with Crippen molar-refractivity contribution >= 4 is 34.0 Å². The molecule has 0 aliphatic heterocycles. The molecule has 0 aliphatic carbocycles. The van der Waals surface area contributed by atoms with E-state index in [-0.39, 0.29) is 12.5 Å². The zero-order valence-corrected chi connectivity index (χ0v) is 20.3. The molecule has 8 heteroatoms. The van der Waals surface area contributed by atoms with Crippen LogP contribution in [0.15, 0.2) is 82.4 Å². The van der Waals surface area contributed by atoms with Crippen LogP contribution in [0.2, 0.25) is 0 Å². The molecule has 0 atom stereocenters. The zero-order chi connectivity index (χ0) is 24.2. The van der Waals surface area contributed by atoms with Gasteiger partial charge in [0.15, 0.2) is 6.61 Å². The van der Waals surface area contributed by atoms with Gasteiger partial charge >= 0.3 is 5.97 Å². The first-order valence-corrected chi connectivity index (χ1v) is 11.6. The minimum atomic E-state index is -0.450. The highest BCUT2D eigenvalue weighted by Crippen LogP contribution is 2.18. The normalized spacial score (nSPS) is 10.6. The predicted octanol–water partition coefficient (Wildman–Crippen LogP) is 5.38. The van der Waals surface area contributed by atoms with Crippen LogP contribution in [0.1, 0.15) is 35.7 Å². The zero-order valence-electron chi connectivity index (χ0n) is 18.7. The Kier molecular flexibility index (Phi) is 9.66. The summed E-state index contributed by atoms with van der Waals surface area (Å²) in [7, 11) is 0. The molecule has 7 nitrogen and oxygen atoms in total. The van der Waals surface area contributed by atoms with E-state index in [4.69, 9.17) is 14.2 Å². The Labute approximate surface area is 206 Å². The quantitative estimate of drug-likeness (QED) is 0.120. The first-order chi connectivity index (χ1) is 16.5. The van der Waals surface area contributed by atoms with Gasteiger partial charge in [-0.05, 0) is 78.7 Å². The summed E-state index contributed by atoms with van der Waals surface area (Å²) in [6.07, 6.45) is 3.57. The summed E-state index contributed by atoms with van der Waals surface area (Å²) in [4.78, 5) is 24.1. The van der Waals surface area contributed by atoms with Gasteiger partial charge in [-0.15, -0.1) is 0 Å². The molecule has 0 radical (unpaired) electrons. The molecule has 0 bridgehead atoms. The predicted molar refractivity (Wildman–Crippen MR) is 134 cm³/mol. The second kappa shape index (κ2) is 13.2. The van der Waals surface area contributed by atoms with Gasteiger partial charge in [-0.2, -0.15) is 5.10 Å². The Bertz CT molecular complexity index is 1110. The fourth-order valence-electron chi connectivity index (χ4n) is 2.73. The Morgan fingerprint density at radius 1 is 0.941 bits per heavy atom. The largest absolute Gasteiger partial charge is 0.494 e. The Morgan fingerprint density at radius 2 is 1.62 bits per heavy atom. The molecule has 0 spiro atoms. The van der Waals surface area contributed by atoms with E-state index in [1.165, 1.54) is 6.21 Å². The van der Waals surface area contributed by atoms with Crippen LogP contribution >= 0.6 is 15.9 Å². The summed E-state index contributed by atoms with van der Waals surface area (Å²) in [6.45, 7) is 2.62. The van der Waals surface area contributed by atoms with Gasteiger partial charge in [0.1, 0.15) is 17.2 Å². The fraction of sp³-hybridized carbons (Fsp3) is 0.192. The fourth-order valence-corrected chi connectivity index (χ4v) is 3.13. The van der Waals surface area contributed by atoms with E-state index in [9.17, 15) is 9.59 Å². The molecule has 34 heavy (non-hydrogen) atoms. The molecule has 176 valence electrons. The number of hydrogen-bond acceptors (Lipinski definition) is 6. The van der Waals surface area contributed by atoms with Gasteiger partial charge in [-0.25, -0.2) is 10.2 Å². The number of carbonyl (C=O) groups excluding carboxylic acids is 2. The van der Waals surface area contributed by atoms with Crippen molar-refractivity contribution in [2.45, 2.75) is 19.8 Å². The lowest BCUT2D eigenvalue weighted by Crippen LogP contribution is -2.24. The molecule has 0 saturated heterocycles. The summed E-state index contributed by atoms with van der Waals surface area (Å²) in [5.41, 5.74) is 3.58. The molecule has 0 aromatic heterocycles. The van der Waals surface area contributed by atoms with Crippen LogP contribution in [0, 0.1) is 0 Å². The van der Waals surface area contributed by atoms with Crippen molar-refractivity contribution in [3.8, 4) is 17.2 Å². The lowest BCUT2D eigenvalue weighted by atomic mass is 10.2. The number of nitrogens with one attached hydrogen (secondary N) is 1. The molecule has 3 aromatic carbocycles. The number of esters is 1. The lowest BCUT2D eigenvalue weighted by Gasteiger charge is -2.08. The number of rotatable bonds is 11. The molecule has 0 saturated carbocycles. The van der Waals surface area contributed by atoms with Crippen LogP contribution in [0.25, 0.3) is 0 Å². The molecule has 0 unspecified atom stereocenters. The molecule has 0 heterocycles. The molecule has 0 fully saturated rings. The minimum absolute atomic E-state index is 0.169. The summed E-state index contributed by atoms with van der Waals surface area (Å²) < 4.78 is 17.2. The van der Waals surface area contributed by atoms with Crippen LogP contribution in [0.5, 0.6) is 17.2 Å². The summed E-state index contributed by atoms with van der Waals surface area (Å²) in [6, 6.07) is 20.8. The van der Waals surface area contributed by atoms with Crippen LogP contribution in [-0.4, -0.2) is 31.3 Å². The number of benzene rings is 3. The van der Waals surface area contributed by atoms with Gasteiger partial charge in [0.2, 0.25) is 0 Å². The van der Waals surface area contributed by atoms with E-state index in [1.807, 2.05) is 6.07 Å². The van der Waals surface area contributed by atoms with E-state index >= 15 is 0 Å². The number of carbonyl (C=O) groups is 2. The van der Waals surface area contributed by atoms with Crippen LogP contribution in [-0.2, 0) is 4.79 Å². The van der Waals surface area contributed by atoms with Crippen molar-refractivity contribution in [1.29, 1.82) is 0 Å². The molecule has 0 aliphatic rings. The standard InChI is InChI=1S/C26H25BrN2O5/c1-2-3-15-32-22-11-13-23(14-12-22)33-18-25(30)29-28-17-19-7-9-24(10-8-19)34-26(31)20-5-4-6-21(27)16-20/h4-14,16-17H,2-3,15,18H2,1H3,(H,29,30)/b28-17-. The molecule has 3 aromatic rings. The third-order valence-corrected chi connectivity index (χ3v) is 5.01. The third kappa shape index (κ3) is 8.37. The van der Waals surface area contributed by atoms with Gasteiger partial charge in [0.25, 0.3) is 5.91 Å². The van der Waals surface area contributed by atoms with Gasteiger partial charge in [0.05, 0.1) is 18.4 Å². The highest BCUT2D eigenvalue weighted by Gasteiger charge is 2.08. The van der Waals surface area contributed by atoms with E-state index in [0.717, 1.165) is 28.6 Å². The second-order valence-corrected chi connectivity index (χ2v) is 8.14. The van der Waals surface area contributed by atoms with Gasteiger partial charge in [0, 0.05) is 4.47 Å². The SMILES string of the molecule is CCCCOc1ccc(OCC(=O)N/N=C\c2ccc(OC(=O)c3cccc(Br)c3)cc2)cc1. The van der Waals surface area contributed by atoms with Crippen molar-refractivity contribution in [2.75, 3.05) is 13.2 Å². The maximum atomic E-state index is 12.2. The van der Waals surface area contributed by atoms with E-state index < -0.39 is 5.97 Å². The lowest BCUT2D eigenvalue weighted by molar-refractivity contribution is -0.123. The maximum Gasteiger partial charge on any atom is 0.343 e. The monoisotopic (exact) mass is 524 g/mol. The average molecular weight is 525 g/mol. The van der Waals surface area contributed by atoms with Crippen molar-refractivity contribution in [1.82, 2.24) is 5.43 Å². The number of nitrogens with zero attached hydrogens (tertiary/aromatic N) is 1. The Morgan fingerprint density at radius 3 is 2.29 bits per heavy atom. The number of hydrogen-bond donors (Lipinski definition) is 1. The van der Waals surface area contributed by atoms with Crippen LogP contribution < -0.4 is 19.6 Å². The molecular weight excluding hydrogens is 500 g/mol. The molecule has 1 amide bonds. The highest BCUT2D eigenvalue weighted by atomic mass is 79.9. The van der Waals surface area contributed by atoms with Crippen molar-refractivity contribution < 1.29 is 23.8 Å². The topological polar surface area (TPSA) is 86.2 Å². The third-order valence-electron chi connectivity index (χ3n) is 4.51. The number of ether oxygens (including phenoxy) is 3. The number of unbranched alkanes of at least 4 members (excludes halogenated alkanes) is 1. The second-order valence-electron chi connectivity index (χ2n) is 7.22. The Hall–Kier alpha value is -3.65. The summed E-state index contributed by atoms with van der Waals surface area (Å²) in [5.74, 6) is 0.896. The summed E-state index contributed by atoms with van der Waals surface area (Å²) >= 11 is 3.33. The van der Waals surface area contributed by atoms with Crippen molar-refractivity contribution in [3.63, 3.8) is 0 Å². The number of halogens is 1. The Balaban J connectivity index is 1.40. The molecule has 3 rings (SSSR count). The number of hydrazone groups is 1. The van der Waals surface area contributed by atoms with Gasteiger partial charge in [-0.1, -0.05) is 35.3 Å². The van der Waals surface area contributed by atoms with Crippen molar-refractivity contribution in [3.05, 3.63) is 88.4 Å². The van der Waals surface area contributed by atoms with Crippen molar-refractivity contribution in [2.24, 2.45) is 5.10 Å². The van der Waals surface area contributed by atoms with E-state index in [0.29, 0.717) is 23.7 Å². The van der Waals surface area contributed by atoms with Gasteiger partial charge in [-0.3, -0.25) is 4.79 Å². The average Bonchev–Trinajstić information content (AvgIpc) is 2.85. The first-order valence-electron chi connectivity index (χ1n) is 10.8. The first kappa shape index (κ1) is 25.0. The smallest absolute Gasteiger partial charge is 0.343 e. The maximum absolute atomic E-state index is 12.2. The minimum Gasteiger partial charge on any atom is -0.494 e. The van der Waals surface area contributed by atoms with Crippen LogP contribution in [0.4, 0.5) is 0 Å². The number of amides is 1. The van der Waals surface area contributed by atoms with Crippen LogP contribution in [0.3, 0.4) is 0 Å². The highest BCUT2D eigenvalue weighted by molar-refractivity contribution is 9.10. The van der Waals surface area contributed by atoms with E-state index in [1.54, 1.807) is 66.7 Å². The molecular formula is C26H25BrN2O5. The molecule has 1 N–H and O–H groups in total. The summed E-state index contributed by atoms with van der Waals surface area (Å²) in [5, 5.41) is 3.92. The van der Waals surface area contributed by atoms with E-state index in [2.05, 4.69) is 33.4 Å². The van der Waals surface area contributed by atoms with Gasteiger partial charge < -0.3 is 14.2 Å².